The van der Waals surface area contributed by atoms with Gasteiger partial charge in [0.25, 0.3) is 5.91 Å². The molecule has 1 N–H and O–H groups in total. The molecule has 0 aliphatic carbocycles. The number of amides is 1. The van der Waals surface area contributed by atoms with Crippen molar-refractivity contribution in [1.29, 1.82) is 0 Å². The van der Waals surface area contributed by atoms with Crippen LogP contribution in [0.2, 0.25) is 0 Å². The molecule has 0 radical (unpaired) electrons. The second kappa shape index (κ2) is 6.96. The van der Waals surface area contributed by atoms with Crippen LogP contribution in [-0.2, 0) is 6.54 Å². The fraction of sp³-hybridized carbons (Fsp3) is 0.333. The lowest BCUT2D eigenvalue weighted by molar-refractivity contribution is 0.0951. The van der Waals surface area contributed by atoms with Crippen LogP contribution in [0.3, 0.4) is 0 Å². The summed E-state index contributed by atoms with van der Waals surface area (Å²) in [6.07, 6.45) is 2.50. The Balaban J connectivity index is 1.62. The number of thiophene rings is 1. The lowest BCUT2D eigenvalue weighted by Gasteiger charge is -2.18. The molecular formula is C18H20N2O2S. The molecule has 0 saturated carbocycles. The summed E-state index contributed by atoms with van der Waals surface area (Å²) in [7, 11) is 0. The quantitative estimate of drug-likeness (QED) is 0.855. The smallest absolute Gasteiger partial charge is 0.252 e. The summed E-state index contributed by atoms with van der Waals surface area (Å²) in [5, 5.41) is 4.65. The highest BCUT2D eigenvalue weighted by Crippen LogP contribution is 2.21. The highest BCUT2D eigenvalue weighted by molar-refractivity contribution is 7.12. The molecule has 23 heavy (non-hydrogen) atoms. The van der Waals surface area contributed by atoms with Crippen LogP contribution >= 0.6 is 11.3 Å². The van der Waals surface area contributed by atoms with Crippen molar-refractivity contribution < 1.29 is 9.59 Å². The molecule has 1 aliphatic rings. The molecule has 1 aromatic carbocycles. The van der Waals surface area contributed by atoms with Crippen molar-refractivity contribution in [3.8, 4) is 0 Å². The van der Waals surface area contributed by atoms with E-state index in [-0.39, 0.29) is 11.7 Å². The minimum absolute atomic E-state index is 0.00707. The highest BCUT2D eigenvalue weighted by atomic mass is 32.1. The maximum absolute atomic E-state index is 12.2. The number of hydrogen-bond donors (Lipinski definition) is 1. The van der Waals surface area contributed by atoms with E-state index in [4.69, 9.17) is 0 Å². The number of Topliss-reactive ketones (excluding diaryl/α,β-unsaturated/α-hetero) is 1. The number of anilines is 1. The molecule has 0 bridgehead atoms. The van der Waals surface area contributed by atoms with Gasteiger partial charge in [0.1, 0.15) is 0 Å². The van der Waals surface area contributed by atoms with E-state index < -0.39 is 0 Å². The van der Waals surface area contributed by atoms with Gasteiger partial charge in [-0.05, 0) is 43.5 Å². The van der Waals surface area contributed by atoms with Gasteiger partial charge in [0.15, 0.2) is 5.78 Å². The number of nitrogens with zero attached hydrogens (tertiary/aromatic N) is 1. The van der Waals surface area contributed by atoms with Crippen LogP contribution in [-0.4, -0.2) is 24.8 Å². The highest BCUT2D eigenvalue weighted by Gasteiger charge is 2.13. The van der Waals surface area contributed by atoms with E-state index in [0.29, 0.717) is 17.0 Å². The molecule has 1 amide bonds. The number of rotatable bonds is 5. The van der Waals surface area contributed by atoms with Gasteiger partial charge in [0, 0.05) is 30.7 Å². The molecule has 0 unspecified atom stereocenters. The first-order valence-corrected chi connectivity index (χ1v) is 8.73. The van der Waals surface area contributed by atoms with Crippen molar-refractivity contribution >= 4 is 28.7 Å². The van der Waals surface area contributed by atoms with Crippen LogP contribution in [0, 0.1) is 0 Å². The summed E-state index contributed by atoms with van der Waals surface area (Å²) in [5.74, 6) is -0.146. The molecule has 1 aliphatic heterocycles. The number of carbonyl (C=O) groups excluding carboxylic acids is 2. The average Bonchev–Trinajstić information content (AvgIpc) is 3.24. The fourth-order valence-corrected chi connectivity index (χ4v) is 3.55. The molecule has 1 saturated heterocycles. The van der Waals surface area contributed by atoms with E-state index in [1.165, 1.54) is 36.8 Å². The molecule has 0 spiro atoms. The van der Waals surface area contributed by atoms with Gasteiger partial charge in [-0.3, -0.25) is 9.59 Å². The second-order valence-electron chi connectivity index (χ2n) is 5.80. The van der Waals surface area contributed by atoms with Crippen LogP contribution in [0.15, 0.2) is 35.7 Å². The van der Waals surface area contributed by atoms with E-state index in [1.807, 2.05) is 12.1 Å². The first kappa shape index (κ1) is 15.7. The Morgan fingerprint density at radius 2 is 2.00 bits per heavy atom. The van der Waals surface area contributed by atoms with E-state index in [9.17, 15) is 9.59 Å². The van der Waals surface area contributed by atoms with E-state index in [0.717, 1.165) is 18.7 Å². The first-order valence-electron chi connectivity index (χ1n) is 7.85. The Hall–Kier alpha value is -2.14. The summed E-state index contributed by atoms with van der Waals surface area (Å²) in [6, 6.07) is 9.97. The largest absolute Gasteiger partial charge is 0.372 e. The second-order valence-corrected chi connectivity index (χ2v) is 6.71. The zero-order valence-corrected chi connectivity index (χ0v) is 14.0. The van der Waals surface area contributed by atoms with Crippen LogP contribution in [0.5, 0.6) is 0 Å². The zero-order chi connectivity index (χ0) is 16.2. The molecule has 4 nitrogen and oxygen atoms in total. The monoisotopic (exact) mass is 328 g/mol. The molecule has 2 heterocycles. The summed E-state index contributed by atoms with van der Waals surface area (Å²) in [6.45, 7) is 4.22. The number of carbonyl (C=O) groups is 2. The summed E-state index contributed by atoms with van der Waals surface area (Å²) < 4.78 is 0. The van der Waals surface area contributed by atoms with Crippen molar-refractivity contribution in [3.05, 3.63) is 51.7 Å². The third kappa shape index (κ3) is 3.79. The molecule has 120 valence electrons. The van der Waals surface area contributed by atoms with Crippen molar-refractivity contribution in [1.82, 2.24) is 5.32 Å². The van der Waals surface area contributed by atoms with Crippen molar-refractivity contribution in [3.63, 3.8) is 0 Å². The van der Waals surface area contributed by atoms with Gasteiger partial charge in [-0.25, -0.2) is 0 Å². The third-order valence-corrected chi connectivity index (χ3v) is 5.07. The van der Waals surface area contributed by atoms with E-state index in [1.54, 1.807) is 11.4 Å². The zero-order valence-electron chi connectivity index (χ0n) is 13.2. The van der Waals surface area contributed by atoms with E-state index in [2.05, 4.69) is 22.3 Å². The summed E-state index contributed by atoms with van der Waals surface area (Å²) in [4.78, 5) is 26.5. The van der Waals surface area contributed by atoms with Gasteiger partial charge in [-0.15, -0.1) is 11.3 Å². The normalized spacial score (nSPS) is 14.0. The Labute approximate surface area is 140 Å². The van der Waals surface area contributed by atoms with Crippen molar-refractivity contribution in [2.24, 2.45) is 0 Å². The first-order chi connectivity index (χ1) is 11.1. The summed E-state index contributed by atoms with van der Waals surface area (Å²) in [5.41, 5.74) is 2.87. The number of nitrogens with one attached hydrogen (secondary N) is 1. The van der Waals surface area contributed by atoms with Gasteiger partial charge in [-0.2, -0.15) is 0 Å². The number of hydrogen-bond acceptors (Lipinski definition) is 4. The van der Waals surface area contributed by atoms with Crippen molar-refractivity contribution in [2.75, 3.05) is 18.0 Å². The maximum Gasteiger partial charge on any atom is 0.252 e. The molecule has 1 aromatic heterocycles. The van der Waals surface area contributed by atoms with Crippen LogP contribution in [0.25, 0.3) is 0 Å². The molecule has 1 fully saturated rings. The van der Waals surface area contributed by atoms with E-state index >= 15 is 0 Å². The molecule has 5 heteroatoms. The van der Waals surface area contributed by atoms with Gasteiger partial charge in [0.05, 0.1) is 10.4 Å². The lowest BCUT2D eigenvalue weighted by Crippen LogP contribution is -2.23. The minimum atomic E-state index is -0.139. The predicted octanol–water partition coefficient (Wildman–Crippen LogP) is 3.48. The average molecular weight is 328 g/mol. The van der Waals surface area contributed by atoms with Gasteiger partial charge < -0.3 is 10.2 Å². The maximum atomic E-state index is 12.2. The Bertz CT molecular complexity index is 717. The Morgan fingerprint density at radius 1 is 1.22 bits per heavy atom. The molecule has 2 aromatic rings. The van der Waals surface area contributed by atoms with Crippen molar-refractivity contribution in [2.45, 2.75) is 26.3 Å². The topological polar surface area (TPSA) is 49.4 Å². The fourth-order valence-electron chi connectivity index (χ4n) is 2.76. The lowest BCUT2D eigenvalue weighted by atomic mass is 10.2. The molecule has 3 rings (SSSR count). The third-order valence-electron chi connectivity index (χ3n) is 4.04. The predicted molar refractivity (Wildman–Crippen MR) is 93.4 cm³/mol. The number of ketones is 1. The van der Waals surface area contributed by atoms with Crippen LogP contribution < -0.4 is 10.2 Å². The Kier molecular flexibility index (Phi) is 4.76. The Morgan fingerprint density at radius 3 is 2.70 bits per heavy atom. The van der Waals surface area contributed by atoms with Gasteiger partial charge in [-0.1, -0.05) is 12.1 Å². The number of benzene rings is 1. The minimum Gasteiger partial charge on any atom is -0.372 e. The summed E-state index contributed by atoms with van der Waals surface area (Å²) >= 11 is 1.31. The van der Waals surface area contributed by atoms with Gasteiger partial charge in [0.2, 0.25) is 0 Å². The molecular weight excluding hydrogens is 308 g/mol. The standard InChI is InChI=1S/C18H20N2O2S/c1-13(21)17-10-15(12-23-17)18(22)19-11-14-5-4-6-16(9-14)20-7-2-3-8-20/h4-6,9-10,12H,2-3,7-8,11H2,1H3,(H,19,22). The van der Waals surface area contributed by atoms with Gasteiger partial charge >= 0.3 is 0 Å². The van der Waals surface area contributed by atoms with Crippen LogP contribution in [0.4, 0.5) is 5.69 Å². The molecule has 0 atom stereocenters. The van der Waals surface area contributed by atoms with Crippen LogP contribution in [0.1, 0.15) is 45.4 Å². The SMILES string of the molecule is CC(=O)c1cc(C(=O)NCc2cccc(N3CCCC3)c2)cs1.